The lowest BCUT2D eigenvalue weighted by atomic mass is 10.1. The van der Waals surface area contributed by atoms with Crippen molar-refractivity contribution in [3.63, 3.8) is 0 Å². The number of benzene rings is 1. The average molecular weight is 359 g/mol. The predicted molar refractivity (Wildman–Crippen MR) is 94.1 cm³/mol. The fourth-order valence-electron chi connectivity index (χ4n) is 2.21. The Morgan fingerprint density at radius 3 is 2.46 bits per heavy atom. The molecule has 0 fully saturated rings. The quantitative estimate of drug-likeness (QED) is 0.663. The van der Waals surface area contributed by atoms with Gasteiger partial charge in [-0.25, -0.2) is 0 Å². The Bertz CT molecular complexity index is 767. The molecule has 0 unspecified atom stereocenters. The molecule has 0 spiro atoms. The van der Waals surface area contributed by atoms with Gasteiger partial charge in [0.1, 0.15) is 11.5 Å². The molecule has 8 nitrogen and oxygen atoms in total. The van der Waals surface area contributed by atoms with Crippen LogP contribution in [0.4, 0.5) is 5.82 Å². The maximum atomic E-state index is 12.0. The number of carbonyl (C=O) groups excluding carboxylic acids is 3. The molecule has 26 heavy (non-hydrogen) atoms. The van der Waals surface area contributed by atoms with E-state index in [0.717, 1.165) is 0 Å². The number of amides is 2. The fourth-order valence-corrected chi connectivity index (χ4v) is 2.21. The minimum absolute atomic E-state index is 0.0420. The van der Waals surface area contributed by atoms with Gasteiger partial charge in [-0.15, -0.1) is 0 Å². The molecule has 1 aromatic carbocycles. The lowest BCUT2D eigenvalue weighted by Gasteiger charge is -2.05. The van der Waals surface area contributed by atoms with Crippen molar-refractivity contribution in [2.75, 3.05) is 19.0 Å². The number of aryl methyl sites for hydroxylation is 1. The SMILES string of the molecule is COc1ccc(C(=O)CCCC(=O)NCC(=O)Nc2cc(C)on2)cc1. The van der Waals surface area contributed by atoms with E-state index in [1.807, 2.05) is 0 Å². The number of anilines is 1. The first-order valence-electron chi connectivity index (χ1n) is 8.15. The highest BCUT2D eigenvalue weighted by molar-refractivity contribution is 5.96. The van der Waals surface area contributed by atoms with Crippen molar-refractivity contribution < 1.29 is 23.6 Å². The third kappa shape index (κ3) is 6.04. The summed E-state index contributed by atoms with van der Waals surface area (Å²) in [6.45, 7) is 1.54. The van der Waals surface area contributed by atoms with Crippen molar-refractivity contribution in [1.82, 2.24) is 10.5 Å². The Morgan fingerprint density at radius 2 is 1.85 bits per heavy atom. The smallest absolute Gasteiger partial charge is 0.245 e. The number of ketones is 1. The van der Waals surface area contributed by atoms with Crippen LogP contribution in [0.1, 0.15) is 35.4 Å². The normalized spacial score (nSPS) is 10.2. The van der Waals surface area contributed by atoms with E-state index >= 15 is 0 Å². The van der Waals surface area contributed by atoms with Crippen LogP contribution in [0, 0.1) is 6.92 Å². The zero-order valence-electron chi connectivity index (χ0n) is 14.7. The average Bonchev–Trinajstić information content (AvgIpc) is 3.04. The molecule has 2 aromatic rings. The molecule has 2 N–H and O–H groups in total. The van der Waals surface area contributed by atoms with Crippen LogP contribution in [-0.4, -0.2) is 36.4 Å². The summed E-state index contributed by atoms with van der Waals surface area (Å²) >= 11 is 0. The van der Waals surface area contributed by atoms with E-state index in [1.54, 1.807) is 44.4 Å². The molecule has 0 bridgehead atoms. The molecule has 0 radical (unpaired) electrons. The van der Waals surface area contributed by atoms with Crippen LogP contribution in [0.5, 0.6) is 5.75 Å². The van der Waals surface area contributed by atoms with Crippen molar-refractivity contribution in [1.29, 1.82) is 0 Å². The Kier molecular flexibility index (Phi) is 6.90. The lowest BCUT2D eigenvalue weighted by Crippen LogP contribution is -2.32. The number of carbonyl (C=O) groups is 3. The van der Waals surface area contributed by atoms with E-state index in [2.05, 4.69) is 15.8 Å². The van der Waals surface area contributed by atoms with Crippen molar-refractivity contribution >= 4 is 23.4 Å². The van der Waals surface area contributed by atoms with Crippen LogP contribution in [0.3, 0.4) is 0 Å². The van der Waals surface area contributed by atoms with E-state index < -0.39 is 5.91 Å². The molecule has 8 heteroatoms. The molecular formula is C18H21N3O5. The number of hydrogen-bond acceptors (Lipinski definition) is 6. The van der Waals surface area contributed by atoms with Gasteiger partial charge < -0.3 is 19.9 Å². The van der Waals surface area contributed by atoms with Crippen LogP contribution in [0.25, 0.3) is 0 Å². The summed E-state index contributed by atoms with van der Waals surface area (Å²) in [7, 11) is 1.56. The van der Waals surface area contributed by atoms with Gasteiger partial charge in [-0.1, -0.05) is 5.16 Å². The molecule has 0 saturated heterocycles. The second-order valence-electron chi connectivity index (χ2n) is 5.65. The number of hydrogen-bond donors (Lipinski definition) is 2. The van der Waals surface area contributed by atoms with Crippen LogP contribution >= 0.6 is 0 Å². The minimum Gasteiger partial charge on any atom is -0.497 e. The third-order valence-electron chi connectivity index (χ3n) is 3.56. The highest BCUT2D eigenvalue weighted by atomic mass is 16.5. The van der Waals surface area contributed by atoms with Gasteiger partial charge in [0, 0.05) is 24.5 Å². The van der Waals surface area contributed by atoms with E-state index in [4.69, 9.17) is 9.26 Å². The highest BCUT2D eigenvalue weighted by Crippen LogP contribution is 2.13. The number of rotatable bonds is 9. The Hall–Kier alpha value is -3.16. The van der Waals surface area contributed by atoms with Crippen LogP contribution in [-0.2, 0) is 9.59 Å². The highest BCUT2D eigenvalue weighted by Gasteiger charge is 2.10. The van der Waals surface area contributed by atoms with Crippen LogP contribution in [0.2, 0.25) is 0 Å². The van der Waals surface area contributed by atoms with Gasteiger partial charge in [-0.05, 0) is 37.6 Å². The summed E-state index contributed by atoms with van der Waals surface area (Å²) in [6.07, 6.45) is 0.823. The van der Waals surface area contributed by atoms with E-state index in [9.17, 15) is 14.4 Å². The summed E-state index contributed by atoms with van der Waals surface area (Å²) in [5.41, 5.74) is 0.577. The molecule has 2 amide bonds. The Morgan fingerprint density at radius 1 is 1.12 bits per heavy atom. The summed E-state index contributed by atoms with van der Waals surface area (Å²) in [5.74, 6) is 0.817. The second-order valence-corrected chi connectivity index (χ2v) is 5.65. The Labute approximate surface area is 150 Å². The zero-order valence-corrected chi connectivity index (χ0v) is 14.7. The van der Waals surface area contributed by atoms with Gasteiger partial charge >= 0.3 is 0 Å². The molecule has 0 saturated carbocycles. The predicted octanol–water partition coefficient (Wildman–Crippen LogP) is 2.10. The molecular weight excluding hydrogens is 338 g/mol. The lowest BCUT2D eigenvalue weighted by molar-refractivity contribution is -0.124. The molecule has 1 heterocycles. The molecule has 0 atom stereocenters. The molecule has 1 aromatic heterocycles. The topological polar surface area (TPSA) is 111 Å². The zero-order chi connectivity index (χ0) is 18.9. The minimum atomic E-state index is -0.402. The van der Waals surface area contributed by atoms with Gasteiger partial charge in [0.05, 0.1) is 13.7 Å². The first kappa shape index (κ1) is 19.2. The van der Waals surface area contributed by atoms with Gasteiger partial charge in [-0.3, -0.25) is 14.4 Å². The fraction of sp³-hybridized carbons (Fsp3) is 0.333. The monoisotopic (exact) mass is 359 g/mol. The standard InChI is InChI=1S/C18H21N3O5/c1-12-10-16(21-26-12)20-18(24)11-19-17(23)5-3-4-15(22)13-6-8-14(25-2)9-7-13/h6-10H,3-5,11H2,1-2H3,(H,19,23)(H,20,21,24). The largest absolute Gasteiger partial charge is 0.497 e. The maximum Gasteiger partial charge on any atom is 0.245 e. The van der Waals surface area contributed by atoms with Gasteiger partial charge in [-0.2, -0.15) is 0 Å². The van der Waals surface area contributed by atoms with E-state index in [1.165, 1.54) is 0 Å². The molecule has 2 rings (SSSR count). The number of methoxy groups -OCH3 is 1. The third-order valence-corrected chi connectivity index (χ3v) is 3.56. The van der Waals surface area contributed by atoms with Crippen molar-refractivity contribution in [3.8, 4) is 5.75 Å². The molecule has 138 valence electrons. The van der Waals surface area contributed by atoms with Crippen molar-refractivity contribution in [2.45, 2.75) is 26.2 Å². The van der Waals surface area contributed by atoms with Crippen LogP contribution < -0.4 is 15.4 Å². The molecule has 0 aliphatic carbocycles. The number of aromatic nitrogens is 1. The number of ether oxygens (including phenoxy) is 1. The van der Waals surface area contributed by atoms with Gasteiger partial charge in [0.25, 0.3) is 0 Å². The summed E-state index contributed by atoms with van der Waals surface area (Å²) < 4.78 is 9.87. The molecule has 0 aliphatic heterocycles. The van der Waals surface area contributed by atoms with Gasteiger partial charge in [0.2, 0.25) is 11.8 Å². The maximum absolute atomic E-state index is 12.0. The second kappa shape index (κ2) is 9.36. The number of Topliss-reactive ketones (excluding diaryl/α,β-unsaturated/α-hetero) is 1. The van der Waals surface area contributed by atoms with Gasteiger partial charge in [0.15, 0.2) is 11.6 Å². The first-order chi connectivity index (χ1) is 12.5. The summed E-state index contributed by atoms with van der Waals surface area (Å²) in [6, 6.07) is 8.39. The van der Waals surface area contributed by atoms with Crippen molar-refractivity contribution in [3.05, 3.63) is 41.7 Å². The summed E-state index contributed by atoms with van der Waals surface area (Å²) in [5, 5.41) is 8.63. The van der Waals surface area contributed by atoms with E-state index in [-0.39, 0.29) is 31.1 Å². The Balaban J connectivity index is 1.64. The van der Waals surface area contributed by atoms with E-state index in [0.29, 0.717) is 29.3 Å². The number of nitrogens with zero attached hydrogens (tertiary/aromatic N) is 1. The first-order valence-corrected chi connectivity index (χ1v) is 8.15. The van der Waals surface area contributed by atoms with Crippen molar-refractivity contribution in [2.24, 2.45) is 0 Å². The molecule has 0 aliphatic rings. The van der Waals surface area contributed by atoms with Crippen LogP contribution in [0.15, 0.2) is 34.9 Å². The number of nitrogens with one attached hydrogen (secondary N) is 2. The summed E-state index contributed by atoms with van der Waals surface area (Å²) in [4.78, 5) is 35.5.